The van der Waals surface area contributed by atoms with Gasteiger partial charge >= 0.3 is 0 Å². The third-order valence-corrected chi connectivity index (χ3v) is 4.17. The van der Waals surface area contributed by atoms with Gasteiger partial charge < -0.3 is 15.5 Å². The summed E-state index contributed by atoms with van der Waals surface area (Å²) in [5.74, 6) is 0.553. The number of hydrogen-bond acceptors (Lipinski definition) is 3. The van der Waals surface area contributed by atoms with Gasteiger partial charge in [0.25, 0.3) is 0 Å². The highest BCUT2D eigenvalue weighted by Crippen LogP contribution is 2.16. The quantitative estimate of drug-likeness (QED) is 0.321. The Kier molecular flexibility index (Phi) is 8.15. The van der Waals surface area contributed by atoms with Gasteiger partial charge in [0.15, 0.2) is 5.96 Å². The van der Waals surface area contributed by atoms with Crippen LogP contribution in [-0.2, 0) is 6.42 Å². The zero-order chi connectivity index (χ0) is 18.8. The highest BCUT2D eigenvalue weighted by atomic mass is 35.5. The zero-order valence-corrected chi connectivity index (χ0v) is 15.9. The number of aromatic nitrogens is 1. The van der Waals surface area contributed by atoms with Crippen molar-refractivity contribution in [1.29, 1.82) is 0 Å². The van der Waals surface area contributed by atoms with Crippen LogP contribution in [0.2, 0.25) is 5.15 Å². The molecule has 2 N–H and O–H groups in total. The fourth-order valence-electron chi connectivity index (χ4n) is 2.50. The second-order valence-corrected chi connectivity index (χ2v) is 6.28. The summed E-state index contributed by atoms with van der Waals surface area (Å²) in [7, 11) is 3.64. The topological polar surface area (TPSA) is 52.6 Å². The Balaban J connectivity index is 1.65. The minimum atomic E-state index is -0.197. The van der Waals surface area contributed by atoms with E-state index in [1.54, 1.807) is 31.4 Å². The van der Waals surface area contributed by atoms with Crippen LogP contribution in [0, 0.1) is 5.82 Å². The Morgan fingerprint density at radius 2 is 1.96 bits per heavy atom. The summed E-state index contributed by atoms with van der Waals surface area (Å²) in [6, 6.07) is 10.6. The van der Waals surface area contributed by atoms with Crippen LogP contribution in [0.25, 0.3) is 0 Å². The molecule has 0 saturated carbocycles. The molecule has 2 aromatic rings. The fraction of sp³-hybridized carbons (Fsp3) is 0.368. The van der Waals surface area contributed by atoms with Gasteiger partial charge in [0.2, 0.25) is 0 Å². The molecule has 0 aliphatic heterocycles. The Morgan fingerprint density at radius 3 is 2.65 bits per heavy atom. The second kappa shape index (κ2) is 10.6. The van der Waals surface area contributed by atoms with Gasteiger partial charge in [-0.15, -0.1) is 0 Å². The van der Waals surface area contributed by atoms with E-state index < -0.39 is 0 Å². The van der Waals surface area contributed by atoms with Crippen LogP contribution in [0.15, 0.2) is 47.6 Å². The summed E-state index contributed by atoms with van der Waals surface area (Å²) in [6.45, 7) is 2.25. The third kappa shape index (κ3) is 6.52. The molecule has 0 aliphatic rings. The van der Waals surface area contributed by atoms with E-state index in [-0.39, 0.29) is 5.82 Å². The van der Waals surface area contributed by atoms with Crippen molar-refractivity contribution in [3.8, 4) is 0 Å². The van der Waals surface area contributed by atoms with E-state index in [1.165, 1.54) is 6.07 Å². The molecule has 1 aromatic heterocycles. The highest BCUT2D eigenvalue weighted by Gasteiger charge is 2.06. The first-order chi connectivity index (χ1) is 12.6. The lowest BCUT2D eigenvalue weighted by molar-refractivity contribution is 0.619. The minimum absolute atomic E-state index is 0.197. The third-order valence-electron chi connectivity index (χ3n) is 3.94. The second-order valence-electron chi connectivity index (χ2n) is 5.89. The molecule has 0 atom stereocenters. The van der Waals surface area contributed by atoms with E-state index in [9.17, 15) is 4.39 Å². The molecule has 5 nitrogen and oxygen atoms in total. The van der Waals surface area contributed by atoms with E-state index in [1.807, 2.05) is 24.1 Å². The maximum Gasteiger partial charge on any atom is 0.190 e. The molecule has 0 aliphatic carbocycles. The molecule has 1 heterocycles. The highest BCUT2D eigenvalue weighted by molar-refractivity contribution is 6.29. The smallest absolute Gasteiger partial charge is 0.190 e. The number of guanidine groups is 1. The molecule has 0 fully saturated rings. The molecule has 0 saturated heterocycles. The molecule has 0 bridgehead atoms. The number of aliphatic imine (C=N–C) groups is 1. The molecule has 2 rings (SSSR count). The van der Waals surface area contributed by atoms with E-state index in [2.05, 4.69) is 20.6 Å². The summed E-state index contributed by atoms with van der Waals surface area (Å²) >= 11 is 5.78. The first-order valence-electron chi connectivity index (χ1n) is 8.61. The average Bonchev–Trinajstić information content (AvgIpc) is 2.65. The predicted molar refractivity (Wildman–Crippen MR) is 107 cm³/mol. The number of nitrogens with zero attached hydrogens (tertiary/aromatic N) is 3. The largest absolute Gasteiger partial charge is 0.372 e. The van der Waals surface area contributed by atoms with E-state index in [0.29, 0.717) is 10.8 Å². The number of rotatable bonds is 8. The molecular weight excluding hydrogens is 353 g/mol. The van der Waals surface area contributed by atoms with Crippen LogP contribution in [0.5, 0.6) is 0 Å². The van der Waals surface area contributed by atoms with Crippen molar-refractivity contribution in [2.45, 2.75) is 12.8 Å². The van der Waals surface area contributed by atoms with Crippen molar-refractivity contribution in [2.24, 2.45) is 4.99 Å². The number of benzene rings is 1. The SMILES string of the molecule is CN=C(NCCCN(C)c1ccccc1F)NCCc1ccc(Cl)nc1. The van der Waals surface area contributed by atoms with Crippen molar-refractivity contribution in [1.82, 2.24) is 15.6 Å². The molecule has 0 unspecified atom stereocenters. The fourth-order valence-corrected chi connectivity index (χ4v) is 2.62. The maximum atomic E-state index is 13.7. The first kappa shape index (κ1) is 20.0. The standard InChI is InChI=1S/C19H25ClFN5/c1-22-19(24-12-10-15-8-9-18(20)25-14-15)23-11-5-13-26(2)17-7-4-3-6-16(17)21/h3-4,6-9,14H,5,10-13H2,1-2H3,(H2,22,23,24). The summed E-state index contributed by atoms with van der Waals surface area (Å²) in [4.78, 5) is 10.2. The number of hydrogen-bond donors (Lipinski definition) is 2. The summed E-state index contributed by atoms with van der Waals surface area (Å²) in [5.41, 5.74) is 1.73. The van der Waals surface area contributed by atoms with Gasteiger partial charge in [0, 0.05) is 39.9 Å². The normalized spacial score (nSPS) is 11.3. The molecule has 26 heavy (non-hydrogen) atoms. The molecule has 140 valence electrons. The summed E-state index contributed by atoms with van der Waals surface area (Å²) < 4.78 is 13.7. The lowest BCUT2D eigenvalue weighted by Crippen LogP contribution is -2.39. The Morgan fingerprint density at radius 1 is 1.19 bits per heavy atom. The lowest BCUT2D eigenvalue weighted by Gasteiger charge is -2.20. The Labute approximate surface area is 159 Å². The van der Waals surface area contributed by atoms with Crippen molar-refractivity contribution < 1.29 is 4.39 Å². The van der Waals surface area contributed by atoms with Crippen molar-refractivity contribution >= 4 is 23.2 Å². The molecule has 0 spiro atoms. The van der Waals surface area contributed by atoms with Crippen LogP contribution >= 0.6 is 11.6 Å². The first-order valence-corrected chi connectivity index (χ1v) is 8.98. The van der Waals surface area contributed by atoms with Crippen molar-refractivity contribution in [3.05, 3.63) is 59.1 Å². The number of para-hydroxylation sites is 1. The van der Waals surface area contributed by atoms with Gasteiger partial charge in [-0.1, -0.05) is 29.8 Å². The maximum absolute atomic E-state index is 13.7. The molecule has 0 radical (unpaired) electrons. The predicted octanol–water partition coefficient (Wildman–Crippen LogP) is 3.11. The molecule has 7 heteroatoms. The Hall–Kier alpha value is -2.34. The van der Waals surface area contributed by atoms with Gasteiger partial charge in [-0.05, 0) is 36.6 Å². The Bertz CT molecular complexity index is 705. The minimum Gasteiger partial charge on any atom is -0.372 e. The van der Waals surface area contributed by atoms with Gasteiger partial charge in [-0.3, -0.25) is 4.99 Å². The van der Waals surface area contributed by atoms with Gasteiger partial charge in [-0.2, -0.15) is 0 Å². The van der Waals surface area contributed by atoms with E-state index in [0.717, 1.165) is 44.0 Å². The number of halogens is 2. The number of nitrogens with one attached hydrogen (secondary N) is 2. The summed E-state index contributed by atoms with van der Waals surface area (Å²) in [5, 5.41) is 7.03. The van der Waals surface area contributed by atoms with Crippen LogP contribution in [0.4, 0.5) is 10.1 Å². The summed E-state index contributed by atoms with van der Waals surface area (Å²) in [6.07, 6.45) is 3.48. The van der Waals surface area contributed by atoms with Crippen LogP contribution in [0.1, 0.15) is 12.0 Å². The zero-order valence-electron chi connectivity index (χ0n) is 15.2. The van der Waals surface area contributed by atoms with Gasteiger partial charge in [0.1, 0.15) is 11.0 Å². The average molecular weight is 378 g/mol. The lowest BCUT2D eigenvalue weighted by atomic mass is 10.2. The monoisotopic (exact) mass is 377 g/mol. The van der Waals surface area contributed by atoms with E-state index in [4.69, 9.17) is 11.6 Å². The van der Waals surface area contributed by atoms with Crippen molar-refractivity contribution in [3.63, 3.8) is 0 Å². The number of pyridine rings is 1. The number of anilines is 1. The van der Waals surface area contributed by atoms with Crippen LogP contribution in [-0.4, -0.2) is 44.7 Å². The molecule has 1 aromatic carbocycles. The molecular formula is C19H25ClFN5. The van der Waals surface area contributed by atoms with E-state index >= 15 is 0 Å². The van der Waals surface area contributed by atoms with Gasteiger partial charge in [0.05, 0.1) is 5.69 Å². The van der Waals surface area contributed by atoms with Crippen molar-refractivity contribution in [2.75, 3.05) is 38.6 Å². The molecule has 0 amide bonds. The van der Waals surface area contributed by atoms with Gasteiger partial charge in [-0.25, -0.2) is 9.37 Å². The van der Waals surface area contributed by atoms with Crippen LogP contribution in [0.3, 0.4) is 0 Å². The van der Waals surface area contributed by atoms with Crippen LogP contribution < -0.4 is 15.5 Å².